The first-order chi connectivity index (χ1) is 9.34. The van der Waals surface area contributed by atoms with Gasteiger partial charge in [-0.1, -0.05) is 42.5 Å². The Morgan fingerprint density at radius 1 is 0.737 bits per heavy atom. The number of phenolic OH excluding ortho intramolecular Hbond substituents is 1. The summed E-state index contributed by atoms with van der Waals surface area (Å²) in [5.41, 5.74) is 8.87. The standard InChI is InChI=1S/C16H20N2O/c19-16-8-4-7-15(13-16)10-12-18-17-11-9-14-5-2-1-3-6-14/h1-8,13,17-19H,9-12H2. The van der Waals surface area contributed by atoms with E-state index in [1.54, 1.807) is 12.1 Å². The molecule has 0 aliphatic rings. The van der Waals surface area contributed by atoms with Crippen molar-refractivity contribution in [2.75, 3.05) is 13.1 Å². The fraction of sp³-hybridized carbons (Fsp3) is 0.250. The molecule has 0 atom stereocenters. The van der Waals surface area contributed by atoms with Gasteiger partial charge in [-0.15, -0.1) is 0 Å². The highest BCUT2D eigenvalue weighted by Gasteiger charge is 1.95. The quantitative estimate of drug-likeness (QED) is 0.526. The maximum atomic E-state index is 9.34. The van der Waals surface area contributed by atoms with Crippen LogP contribution in [0.4, 0.5) is 0 Å². The van der Waals surface area contributed by atoms with E-state index in [2.05, 4.69) is 35.1 Å². The number of rotatable bonds is 7. The smallest absolute Gasteiger partial charge is 0.115 e. The number of hydrazine groups is 1. The molecule has 2 rings (SSSR count). The molecule has 0 bridgehead atoms. The minimum absolute atomic E-state index is 0.328. The van der Waals surface area contributed by atoms with Crippen LogP contribution in [0.3, 0.4) is 0 Å². The van der Waals surface area contributed by atoms with E-state index in [-0.39, 0.29) is 0 Å². The van der Waals surface area contributed by atoms with Crippen LogP contribution in [0.15, 0.2) is 54.6 Å². The summed E-state index contributed by atoms with van der Waals surface area (Å²) in [7, 11) is 0. The highest BCUT2D eigenvalue weighted by atomic mass is 16.3. The molecule has 0 amide bonds. The van der Waals surface area contributed by atoms with Gasteiger partial charge in [0, 0.05) is 13.1 Å². The maximum absolute atomic E-state index is 9.34. The molecule has 0 heterocycles. The SMILES string of the molecule is Oc1cccc(CCNNCCc2ccccc2)c1. The molecule has 0 aromatic heterocycles. The van der Waals surface area contributed by atoms with Crippen LogP contribution in [-0.2, 0) is 12.8 Å². The van der Waals surface area contributed by atoms with E-state index in [9.17, 15) is 5.11 Å². The van der Waals surface area contributed by atoms with Crippen molar-refractivity contribution >= 4 is 0 Å². The Bertz CT molecular complexity index is 485. The summed E-state index contributed by atoms with van der Waals surface area (Å²) in [4.78, 5) is 0. The van der Waals surface area contributed by atoms with E-state index >= 15 is 0 Å². The number of hydrogen-bond acceptors (Lipinski definition) is 3. The molecule has 2 aromatic rings. The first kappa shape index (κ1) is 13.6. The van der Waals surface area contributed by atoms with Crippen LogP contribution in [0.1, 0.15) is 11.1 Å². The van der Waals surface area contributed by atoms with Crippen molar-refractivity contribution in [3.63, 3.8) is 0 Å². The Morgan fingerprint density at radius 2 is 1.37 bits per heavy atom. The minimum atomic E-state index is 0.328. The molecule has 3 nitrogen and oxygen atoms in total. The van der Waals surface area contributed by atoms with Gasteiger partial charge in [0.2, 0.25) is 0 Å². The van der Waals surface area contributed by atoms with Gasteiger partial charge < -0.3 is 5.11 Å². The number of aromatic hydroxyl groups is 1. The summed E-state index contributed by atoms with van der Waals surface area (Å²) in [5.74, 6) is 0.328. The third kappa shape index (κ3) is 5.12. The van der Waals surface area contributed by atoms with Crippen molar-refractivity contribution in [3.8, 4) is 5.75 Å². The average Bonchev–Trinajstić information content (AvgIpc) is 2.44. The maximum Gasteiger partial charge on any atom is 0.115 e. The van der Waals surface area contributed by atoms with E-state index in [1.807, 2.05) is 18.2 Å². The Balaban J connectivity index is 1.58. The Hall–Kier alpha value is -1.84. The molecule has 0 saturated heterocycles. The van der Waals surface area contributed by atoms with Crippen LogP contribution in [0.25, 0.3) is 0 Å². The van der Waals surface area contributed by atoms with Crippen molar-refractivity contribution in [1.82, 2.24) is 10.9 Å². The van der Waals surface area contributed by atoms with Gasteiger partial charge in [-0.2, -0.15) is 0 Å². The zero-order valence-electron chi connectivity index (χ0n) is 11.0. The predicted molar refractivity (Wildman–Crippen MR) is 78.0 cm³/mol. The van der Waals surface area contributed by atoms with Gasteiger partial charge in [0.25, 0.3) is 0 Å². The molecular weight excluding hydrogens is 236 g/mol. The summed E-state index contributed by atoms with van der Waals surface area (Å²) in [6.07, 6.45) is 1.91. The number of phenols is 1. The van der Waals surface area contributed by atoms with Crippen molar-refractivity contribution in [2.45, 2.75) is 12.8 Å². The van der Waals surface area contributed by atoms with E-state index in [0.717, 1.165) is 31.5 Å². The van der Waals surface area contributed by atoms with Crippen molar-refractivity contribution in [3.05, 3.63) is 65.7 Å². The van der Waals surface area contributed by atoms with Gasteiger partial charge in [-0.3, -0.25) is 10.9 Å². The molecule has 0 saturated carbocycles. The van der Waals surface area contributed by atoms with Gasteiger partial charge >= 0.3 is 0 Å². The molecule has 100 valence electrons. The lowest BCUT2D eigenvalue weighted by molar-refractivity contribution is 0.474. The van der Waals surface area contributed by atoms with Crippen LogP contribution in [0.5, 0.6) is 5.75 Å². The third-order valence-corrected chi connectivity index (χ3v) is 2.96. The monoisotopic (exact) mass is 256 g/mol. The summed E-state index contributed by atoms with van der Waals surface area (Å²) in [5, 5.41) is 9.34. The van der Waals surface area contributed by atoms with E-state index in [1.165, 1.54) is 5.56 Å². The normalized spacial score (nSPS) is 10.5. The molecule has 2 aromatic carbocycles. The molecule has 0 aliphatic carbocycles. The highest BCUT2D eigenvalue weighted by molar-refractivity contribution is 5.27. The topological polar surface area (TPSA) is 44.3 Å². The first-order valence-electron chi connectivity index (χ1n) is 6.62. The molecule has 0 fully saturated rings. The van der Waals surface area contributed by atoms with Gasteiger partial charge in [0.05, 0.1) is 0 Å². The second kappa shape index (κ2) is 7.56. The fourth-order valence-corrected chi connectivity index (χ4v) is 1.95. The van der Waals surface area contributed by atoms with Crippen molar-refractivity contribution in [1.29, 1.82) is 0 Å². The van der Waals surface area contributed by atoms with Gasteiger partial charge in [0.15, 0.2) is 0 Å². The van der Waals surface area contributed by atoms with E-state index in [0.29, 0.717) is 5.75 Å². The first-order valence-corrected chi connectivity index (χ1v) is 6.62. The summed E-state index contributed by atoms with van der Waals surface area (Å²) in [6.45, 7) is 1.75. The average molecular weight is 256 g/mol. The summed E-state index contributed by atoms with van der Waals surface area (Å²) >= 11 is 0. The van der Waals surface area contributed by atoms with E-state index < -0.39 is 0 Å². The van der Waals surface area contributed by atoms with Crippen LogP contribution in [0, 0.1) is 0 Å². The molecule has 19 heavy (non-hydrogen) atoms. The Morgan fingerprint density at radius 3 is 2.05 bits per heavy atom. The summed E-state index contributed by atoms with van der Waals surface area (Å²) in [6, 6.07) is 17.8. The van der Waals surface area contributed by atoms with Crippen LogP contribution < -0.4 is 10.9 Å². The van der Waals surface area contributed by atoms with Crippen molar-refractivity contribution in [2.24, 2.45) is 0 Å². The molecule has 3 N–H and O–H groups in total. The van der Waals surface area contributed by atoms with Gasteiger partial charge in [-0.05, 0) is 36.1 Å². The fourth-order valence-electron chi connectivity index (χ4n) is 1.95. The highest BCUT2D eigenvalue weighted by Crippen LogP contribution is 2.10. The molecule has 0 unspecified atom stereocenters. The van der Waals surface area contributed by atoms with Gasteiger partial charge in [-0.25, -0.2) is 0 Å². The Labute approximate surface area is 114 Å². The molecule has 0 spiro atoms. The number of nitrogens with one attached hydrogen (secondary N) is 2. The predicted octanol–water partition coefficient (Wildman–Crippen LogP) is 2.27. The van der Waals surface area contributed by atoms with Crippen LogP contribution >= 0.6 is 0 Å². The van der Waals surface area contributed by atoms with E-state index in [4.69, 9.17) is 0 Å². The lowest BCUT2D eigenvalue weighted by Crippen LogP contribution is -2.34. The van der Waals surface area contributed by atoms with Crippen LogP contribution in [0.2, 0.25) is 0 Å². The lowest BCUT2D eigenvalue weighted by Gasteiger charge is -2.07. The van der Waals surface area contributed by atoms with Crippen LogP contribution in [-0.4, -0.2) is 18.2 Å². The zero-order chi connectivity index (χ0) is 13.3. The second-order valence-corrected chi connectivity index (χ2v) is 4.51. The molecular formula is C16H20N2O. The zero-order valence-corrected chi connectivity index (χ0v) is 11.0. The number of benzene rings is 2. The largest absolute Gasteiger partial charge is 0.508 e. The van der Waals surface area contributed by atoms with Crippen molar-refractivity contribution < 1.29 is 5.11 Å². The number of hydrogen-bond donors (Lipinski definition) is 3. The molecule has 0 radical (unpaired) electrons. The molecule has 0 aliphatic heterocycles. The minimum Gasteiger partial charge on any atom is -0.508 e. The molecule has 3 heteroatoms. The second-order valence-electron chi connectivity index (χ2n) is 4.51. The Kier molecular flexibility index (Phi) is 5.41. The lowest BCUT2D eigenvalue weighted by atomic mass is 10.1. The summed E-state index contributed by atoms with van der Waals surface area (Å²) < 4.78 is 0. The third-order valence-electron chi connectivity index (χ3n) is 2.96. The van der Waals surface area contributed by atoms with Gasteiger partial charge in [0.1, 0.15) is 5.75 Å².